The van der Waals surface area contributed by atoms with E-state index in [9.17, 15) is 10.1 Å². The molecular formula is C24H18BrIN2O3. The van der Waals surface area contributed by atoms with Gasteiger partial charge < -0.3 is 14.8 Å². The van der Waals surface area contributed by atoms with Gasteiger partial charge in [0.25, 0.3) is 5.91 Å². The number of ether oxygens (including phenoxy) is 2. The first-order chi connectivity index (χ1) is 15.0. The zero-order chi connectivity index (χ0) is 22.2. The fourth-order valence-electron chi connectivity index (χ4n) is 2.75. The Balaban J connectivity index is 1.67. The summed E-state index contributed by atoms with van der Waals surface area (Å²) in [5.74, 6) is 0.910. The van der Waals surface area contributed by atoms with Crippen molar-refractivity contribution in [2.24, 2.45) is 0 Å². The van der Waals surface area contributed by atoms with E-state index in [1.165, 1.54) is 0 Å². The van der Waals surface area contributed by atoms with E-state index in [0.717, 1.165) is 13.6 Å². The van der Waals surface area contributed by atoms with Gasteiger partial charge in [0.1, 0.15) is 29.7 Å². The molecule has 0 aliphatic carbocycles. The summed E-state index contributed by atoms with van der Waals surface area (Å²) in [4.78, 5) is 12.6. The van der Waals surface area contributed by atoms with Crippen molar-refractivity contribution in [3.8, 4) is 17.6 Å². The van der Waals surface area contributed by atoms with Crippen LogP contribution < -0.4 is 14.8 Å². The second-order valence-corrected chi connectivity index (χ2v) is 8.46. The van der Waals surface area contributed by atoms with Crippen LogP contribution in [0.5, 0.6) is 11.5 Å². The molecule has 0 unspecified atom stereocenters. The highest BCUT2D eigenvalue weighted by atomic mass is 127. The predicted octanol–water partition coefficient (Wildman–Crippen LogP) is 6.19. The van der Waals surface area contributed by atoms with Crippen LogP contribution in [0.25, 0.3) is 6.08 Å². The van der Waals surface area contributed by atoms with Crippen LogP contribution in [-0.4, -0.2) is 13.0 Å². The van der Waals surface area contributed by atoms with Crippen LogP contribution in [-0.2, 0) is 11.4 Å². The van der Waals surface area contributed by atoms with Gasteiger partial charge in [-0.1, -0.05) is 30.3 Å². The van der Waals surface area contributed by atoms with E-state index in [2.05, 4.69) is 43.8 Å². The molecule has 31 heavy (non-hydrogen) atoms. The highest BCUT2D eigenvalue weighted by molar-refractivity contribution is 14.1. The summed E-state index contributed by atoms with van der Waals surface area (Å²) in [5, 5.41) is 12.2. The highest BCUT2D eigenvalue weighted by Crippen LogP contribution is 2.32. The molecule has 0 aliphatic rings. The van der Waals surface area contributed by atoms with E-state index in [1.54, 1.807) is 43.5 Å². The van der Waals surface area contributed by atoms with Gasteiger partial charge in [0, 0.05) is 5.69 Å². The topological polar surface area (TPSA) is 71.3 Å². The number of rotatable bonds is 7. The first-order valence-electron chi connectivity index (χ1n) is 9.23. The lowest BCUT2D eigenvalue weighted by Gasteiger charge is -2.09. The van der Waals surface area contributed by atoms with Crippen LogP contribution in [0.3, 0.4) is 0 Å². The monoisotopic (exact) mass is 588 g/mol. The number of anilines is 1. The molecule has 3 aromatic carbocycles. The summed E-state index contributed by atoms with van der Waals surface area (Å²) in [6.07, 6.45) is 1.54. The Morgan fingerprint density at radius 1 is 1.16 bits per heavy atom. The van der Waals surface area contributed by atoms with Gasteiger partial charge in [-0.15, -0.1) is 0 Å². The van der Waals surface area contributed by atoms with Crippen molar-refractivity contribution in [2.45, 2.75) is 6.61 Å². The number of methoxy groups -OCH3 is 1. The van der Waals surface area contributed by atoms with Crippen molar-refractivity contribution in [1.29, 1.82) is 5.26 Å². The number of nitriles is 1. The molecule has 0 radical (unpaired) electrons. The molecule has 0 saturated carbocycles. The standard InChI is InChI=1S/C24H18BrIN2O3/c1-30-23-21(25)12-17(13-22(23)26)11-18(14-27)24(29)28-19-7-9-20(10-8-19)31-15-16-5-3-2-4-6-16/h2-13H,15H2,1H3,(H,28,29)/b18-11+. The Kier molecular flexibility index (Phi) is 8.09. The minimum atomic E-state index is -0.484. The summed E-state index contributed by atoms with van der Waals surface area (Å²) in [6.45, 7) is 0.462. The number of hydrogen-bond donors (Lipinski definition) is 1. The fraction of sp³-hybridized carbons (Fsp3) is 0.0833. The van der Waals surface area contributed by atoms with Gasteiger partial charge in [-0.2, -0.15) is 5.26 Å². The Morgan fingerprint density at radius 3 is 2.48 bits per heavy atom. The van der Waals surface area contributed by atoms with Crippen LogP contribution >= 0.6 is 38.5 Å². The maximum atomic E-state index is 12.6. The van der Waals surface area contributed by atoms with E-state index in [-0.39, 0.29) is 5.57 Å². The number of carbonyl (C=O) groups excluding carboxylic acids is 1. The average Bonchev–Trinajstić information content (AvgIpc) is 2.77. The lowest BCUT2D eigenvalue weighted by atomic mass is 10.1. The molecule has 7 heteroatoms. The molecule has 156 valence electrons. The zero-order valence-electron chi connectivity index (χ0n) is 16.6. The first kappa shape index (κ1) is 22.8. The molecule has 0 aromatic heterocycles. The Bertz CT molecular complexity index is 1120. The minimum Gasteiger partial charge on any atom is -0.494 e. The van der Waals surface area contributed by atoms with Crippen molar-refractivity contribution in [1.82, 2.24) is 0 Å². The van der Waals surface area contributed by atoms with E-state index >= 15 is 0 Å². The third kappa shape index (κ3) is 6.32. The first-order valence-corrected chi connectivity index (χ1v) is 11.1. The quantitative estimate of drug-likeness (QED) is 0.203. The van der Waals surface area contributed by atoms with Crippen molar-refractivity contribution < 1.29 is 14.3 Å². The molecule has 3 rings (SSSR count). The minimum absolute atomic E-state index is 0.00253. The molecular weight excluding hydrogens is 571 g/mol. The van der Waals surface area contributed by atoms with Gasteiger partial charge in [0.15, 0.2) is 0 Å². The summed E-state index contributed by atoms with van der Waals surface area (Å²) >= 11 is 5.58. The van der Waals surface area contributed by atoms with Crippen LogP contribution in [0.2, 0.25) is 0 Å². The van der Waals surface area contributed by atoms with Gasteiger partial charge in [0.05, 0.1) is 15.2 Å². The highest BCUT2D eigenvalue weighted by Gasteiger charge is 2.12. The summed E-state index contributed by atoms with van der Waals surface area (Å²) in [7, 11) is 1.59. The van der Waals surface area contributed by atoms with Crippen LogP contribution in [0.4, 0.5) is 5.69 Å². The number of hydrogen-bond acceptors (Lipinski definition) is 4. The molecule has 3 aromatic rings. The maximum Gasteiger partial charge on any atom is 0.266 e. The molecule has 0 spiro atoms. The maximum absolute atomic E-state index is 12.6. The molecule has 0 saturated heterocycles. The van der Waals surface area contributed by atoms with Crippen LogP contribution in [0, 0.1) is 14.9 Å². The summed E-state index contributed by atoms with van der Waals surface area (Å²) < 4.78 is 12.7. The lowest BCUT2D eigenvalue weighted by molar-refractivity contribution is -0.112. The molecule has 0 atom stereocenters. The Hall–Kier alpha value is -2.83. The van der Waals surface area contributed by atoms with Gasteiger partial charge in [-0.3, -0.25) is 4.79 Å². The summed E-state index contributed by atoms with van der Waals surface area (Å²) in [5.41, 5.74) is 2.36. The van der Waals surface area contributed by atoms with Crippen molar-refractivity contribution >= 4 is 56.2 Å². The molecule has 5 nitrogen and oxygen atoms in total. The second kappa shape index (κ2) is 11.0. The molecule has 0 bridgehead atoms. The lowest BCUT2D eigenvalue weighted by Crippen LogP contribution is -2.13. The van der Waals surface area contributed by atoms with E-state index in [0.29, 0.717) is 29.4 Å². The van der Waals surface area contributed by atoms with Gasteiger partial charge in [0.2, 0.25) is 0 Å². The third-order valence-corrected chi connectivity index (χ3v) is 5.65. The SMILES string of the molecule is COc1c(Br)cc(/C=C(\C#N)C(=O)Nc2ccc(OCc3ccccc3)cc2)cc1I. The number of halogens is 2. The molecule has 1 amide bonds. The summed E-state index contributed by atoms with van der Waals surface area (Å²) in [6, 6.07) is 22.5. The Morgan fingerprint density at radius 2 is 1.87 bits per heavy atom. The third-order valence-electron chi connectivity index (χ3n) is 4.26. The van der Waals surface area contributed by atoms with Gasteiger partial charge >= 0.3 is 0 Å². The molecule has 1 N–H and O–H groups in total. The zero-order valence-corrected chi connectivity index (χ0v) is 20.3. The van der Waals surface area contributed by atoms with Crippen molar-refractivity contribution in [2.75, 3.05) is 12.4 Å². The molecule has 0 heterocycles. The van der Waals surface area contributed by atoms with Gasteiger partial charge in [-0.05, 0) is 92.1 Å². The van der Waals surface area contributed by atoms with Crippen LogP contribution in [0.1, 0.15) is 11.1 Å². The van der Waals surface area contributed by atoms with Gasteiger partial charge in [-0.25, -0.2) is 0 Å². The number of benzene rings is 3. The predicted molar refractivity (Wildman–Crippen MR) is 133 cm³/mol. The second-order valence-electron chi connectivity index (χ2n) is 6.44. The van der Waals surface area contributed by atoms with Crippen molar-refractivity contribution in [3.05, 3.63) is 91.5 Å². The largest absolute Gasteiger partial charge is 0.494 e. The molecule has 0 aliphatic heterocycles. The molecule has 0 fully saturated rings. The number of nitrogens with one attached hydrogen (secondary N) is 1. The number of amides is 1. The van der Waals surface area contributed by atoms with E-state index in [4.69, 9.17) is 9.47 Å². The smallest absolute Gasteiger partial charge is 0.266 e. The number of carbonyl (C=O) groups is 1. The number of nitrogens with zero attached hydrogens (tertiary/aromatic N) is 1. The fourth-order valence-corrected chi connectivity index (χ4v) is 4.63. The Labute approximate surface area is 203 Å². The normalized spacial score (nSPS) is 10.8. The van der Waals surface area contributed by atoms with E-state index < -0.39 is 5.91 Å². The average molecular weight is 589 g/mol. The van der Waals surface area contributed by atoms with Crippen LogP contribution in [0.15, 0.2) is 76.8 Å². The van der Waals surface area contributed by atoms with E-state index in [1.807, 2.05) is 42.5 Å². The van der Waals surface area contributed by atoms with Crippen molar-refractivity contribution in [3.63, 3.8) is 0 Å².